The van der Waals surface area contributed by atoms with Crippen LogP contribution in [0.3, 0.4) is 0 Å². The van der Waals surface area contributed by atoms with Crippen LogP contribution >= 0.6 is 11.3 Å². The number of likely N-dealkylation sites (tertiary alicyclic amines) is 1. The summed E-state index contributed by atoms with van der Waals surface area (Å²) < 4.78 is 5.54. The minimum atomic E-state index is -0.000959. The molecule has 1 aromatic carbocycles. The molecule has 2 heterocycles. The van der Waals surface area contributed by atoms with E-state index in [2.05, 4.69) is 5.32 Å². The lowest BCUT2D eigenvalue weighted by Crippen LogP contribution is -2.46. The lowest BCUT2D eigenvalue weighted by molar-refractivity contribution is -0.122. The number of nitrogens with zero attached hydrogens (tertiary/aromatic N) is 1. The van der Waals surface area contributed by atoms with Crippen molar-refractivity contribution in [3.8, 4) is 5.75 Å². The van der Waals surface area contributed by atoms with E-state index < -0.39 is 0 Å². The maximum absolute atomic E-state index is 12.3. The van der Waals surface area contributed by atoms with Gasteiger partial charge in [-0.15, -0.1) is 11.3 Å². The summed E-state index contributed by atoms with van der Waals surface area (Å²) >= 11 is 1.47. The van der Waals surface area contributed by atoms with Gasteiger partial charge in [0.15, 0.2) is 0 Å². The molecule has 1 aliphatic rings. The second-order valence-corrected chi connectivity index (χ2v) is 6.97. The Morgan fingerprint density at radius 2 is 1.88 bits per heavy atom. The van der Waals surface area contributed by atoms with Crippen molar-refractivity contribution < 1.29 is 14.3 Å². The number of amides is 2. The van der Waals surface area contributed by atoms with Crippen molar-refractivity contribution in [3.05, 3.63) is 52.7 Å². The summed E-state index contributed by atoms with van der Waals surface area (Å²) in [6.45, 7) is 1.73. The Morgan fingerprint density at radius 3 is 2.56 bits per heavy atom. The molecule has 1 fully saturated rings. The van der Waals surface area contributed by atoms with Crippen LogP contribution in [0.25, 0.3) is 0 Å². The van der Waals surface area contributed by atoms with E-state index in [1.807, 2.05) is 52.7 Å². The van der Waals surface area contributed by atoms with Crippen LogP contribution in [0.15, 0.2) is 47.8 Å². The third-order valence-corrected chi connectivity index (χ3v) is 5.08. The minimum Gasteiger partial charge on any atom is -0.493 e. The summed E-state index contributed by atoms with van der Waals surface area (Å²) in [5, 5.41) is 4.96. The van der Waals surface area contributed by atoms with E-state index in [9.17, 15) is 9.59 Å². The maximum atomic E-state index is 12.3. The van der Waals surface area contributed by atoms with Gasteiger partial charge in [0.1, 0.15) is 5.75 Å². The largest absolute Gasteiger partial charge is 0.493 e. The van der Waals surface area contributed by atoms with Gasteiger partial charge in [-0.05, 0) is 36.4 Å². The lowest BCUT2D eigenvalue weighted by Gasteiger charge is -2.32. The van der Waals surface area contributed by atoms with Crippen LogP contribution in [-0.2, 0) is 4.79 Å². The number of thiophene rings is 1. The molecule has 0 unspecified atom stereocenters. The van der Waals surface area contributed by atoms with Crippen LogP contribution in [0, 0.1) is 0 Å². The van der Waals surface area contributed by atoms with Crippen LogP contribution in [-0.4, -0.2) is 42.5 Å². The van der Waals surface area contributed by atoms with Crippen molar-refractivity contribution in [1.82, 2.24) is 10.2 Å². The van der Waals surface area contributed by atoms with Gasteiger partial charge in [-0.3, -0.25) is 9.59 Å². The number of hydrogen-bond donors (Lipinski definition) is 1. The molecular formula is C19H22N2O3S. The maximum Gasteiger partial charge on any atom is 0.263 e. The van der Waals surface area contributed by atoms with Gasteiger partial charge in [-0.1, -0.05) is 24.3 Å². The van der Waals surface area contributed by atoms with Crippen LogP contribution in [0.2, 0.25) is 0 Å². The van der Waals surface area contributed by atoms with Crippen molar-refractivity contribution in [3.63, 3.8) is 0 Å². The Bertz CT molecular complexity index is 680. The number of carbonyl (C=O) groups is 2. The zero-order chi connectivity index (χ0) is 17.5. The summed E-state index contributed by atoms with van der Waals surface area (Å²) in [6, 6.07) is 13.4. The molecule has 0 saturated carbocycles. The first-order valence-corrected chi connectivity index (χ1v) is 9.40. The Hall–Kier alpha value is -2.34. The second kappa shape index (κ2) is 8.67. The monoisotopic (exact) mass is 358 g/mol. The van der Waals surface area contributed by atoms with Crippen molar-refractivity contribution in [1.29, 1.82) is 0 Å². The van der Waals surface area contributed by atoms with Gasteiger partial charge in [0.2, 0.25) is 5.91 Å². The molecule has 0 spiro atoms. The minimum absolute atomic E-state index is 0.000959. The van der Waals surface area contributed by atoms with Gasteiger partial charge >= 0.3 is 0 Å². The Kier molecular flexibility index (Phi) is 6.06. The number of nitrogens with one attached hydrogen (secondary N) is 1. The van der Waals surface area contributed by atoms with E-state index >= 15 is 0 Å². The van der Waals surface area contributed by atoms with Crippen LogP contribution in [0.1, 0.15) is 28.9 Å². The summed E-state index contributed by atoms with van der Waals surface area (Å²) in [6.07, 6.45) is 1.92. The van der Waals surface area contributed by atoms with Gasteiger partial charge in [-0.2, -0.15) is 0 Å². The third kappa shape index (κ3) is 5.06. The molecule has 2 aromatic rings. The average molecular weight is 358 g/mol. The molecule has 25 heavy (non-hydrogen) atoms. The van der Waals surface area contributed by atoms with Crippen molar-refractivity contribution in [2.75, 3.05) is 19.7 Å². The molecular weight excluding hydrogens is 336 g/mol. The highest BCUT2D eigenvalue weighted by Crippen LogP contribution is 2.17. The first-order valence-electron chi connectivity index (χ1n) is 8.52. The Labute approximate surface area is 151 Å². The summed E-state index contributed by atoms with van der Waals surface area (Å²) in [7, 11) is 0. The topological polar surface area (TPSA) is 58.6 Å². The van der Waals surface area contributed by atoms with Crippen molar-refractivity contribution in [2.24, 2.45) is 0 Å². The second-order valence-electron chi connectivity index (χ2n) is 6.02. The quantitative estimate of drug-likeness (QED) is 0.864. The fourth-order valence-electron chi connectivity index (χ4n) is 2.86. The SMILES string of the molecule is O=C(CCOc1ccccc1)NC1CCN(C(=O)c2cccs2)CC1. The standard InChI is InChI=1S/C19H22N2O3S/c22-18(10-13-24-16-5-2-1-3-6-16)20-15-8-11-21(12-9-15)19(23)17-7-4-14-25-17/h1-7,14-15H,8-13H2,(H,20,22). The Balaban J connectivity index is 1.35. The highest BCUT2D eigenvalue weighted by Gasteiger charge is 2.24. The first kappa shape index (κ1) is 17.5. The normalized spacial score (nSPS) is 15.0. The summed E-state index contributed by atoms with van der Waals surface area (Å²) in [5.41, 5.74) is 0. The van der Waals surface area contributed by atoms with Gasteiger partial charge in [0.05, 0.1) is 17.9 Å². The Morgan fingerprint density at radius 1 is 1.12 bits per heavy atom. The van der Waals surface area contributed by atoms with Gasteiger partial charge < -0.3 is 15.0 Å². The van der Waals surface area contributed by atoms with E-state index in [1.54, 1.807) is 0 Å². The fraction of sp³-hybridized carbons (Fsp3) is 0.368. The lowest BCUT2D eigenvalue weighted by atomic mass is 10.0. The molecule has 1 aliphatic heterocycles. The van der Waals surface area contributed by atoms with Crippen molar-refractivity contribution >= 4 is 23.2 Å². The molecule has 5 nitrogen and oxygen atoms in total. The number of piperidine rings is 1. The zero-order valence-electron chi connectivity index (χ0n) is 14.0. The molecule has 0 aliphatic carbocycles. The van der Waals surface area contributed by atoms with Gasteiger partial charge in [0.25, 0.3) is 5.91 Å². The van der Waals surface area contributed by atoms with E-state index in [0.717, 1.165) is 23.5 Å². The molecule has 1 N–H and O–H groups in total. The molecule has 0 bridgehead atoms. The number of carbonyl (C=O) groups excluding carboxylic acids is 2. The molecule has 1 aromatic heterocycles. The molecule has 6 heteroatoms. The van der Waals surface area contributed by atoms with E-state index in [1.165, 1.54) is 11.3 Å². The number of para-hydroxylation sites is 1. The first-order chi connectivity index (χ1) is 12.2. The summed E-state index contributed by atoms with van der Waals surface area (Å²) in [5.74, 6) is 0.866. The number of ether oxygens (including phenoxy) is 1. The van der Waals surface area contributed by atoms with Crippen LogP contribution in [0.5, 0.6) is 5.75 Å². The highest BCUT2D eigenvalue weighted by atomic mass is 32.1. The summed E-state index contributed by atoms with van der Waals surface area (Å²) in [4.78, 5) is 27.0. The predicted molar refractivity (Wildman–Crippen MR) is 97.9 cm³/mol. The molecule has 132 valence electrons. The zero-order valence-corrected chi connectivity index (χ0v) is 14.8. The molecule has 0 atom stereocenters. The third-order valence-electron chi connectivity index (χ3n) is 4.22. The molecule has 1 saturated heterocycles. The molecule has 0 radical (unpaired) electrons. The van der Waals surface area contributed by atoms with Crippen LogP contribution < -0.4 is 10.1 Å². The van der Waals surface area contributed by atoms with Gasteiger partial charge in [0, 0.05) is 19.1 Å². The van der Waals surface area contributed by atoms with Crippen molar-refractivity contribution in [2.45, 2.75) is 25.3 Å². The van der Waals surface area contributed by atoms with Gasteiger partial charge in [-0.25, -0.2) is 0 Å². The smallest absolute Gasteiger partial charge is 0.263 e. The number of hydrogen-bond acceptors (Lipinski definition) is 4. The predicted octanol–water partition coefficient (Wildman–Crippen LogP) is 2.94. The number of benzene rings is 1. The van der Waals surface area contributed by atoms with E-state index in [4.69, 9.17) is 4.74 Å². The number of rotatable bonds is 6. The van der Waals surface area contributed by atoms with E-state index in [-0.39, 0.29) is 17.9 Å². The average Bonchev–Trinajstić information content (AvgIpc) is 3.17. The molecule has 3 rings (SSSR count). The van der Waals surface area contributed by atoms with Crippen LogP contribution in [0.4, 0.5) is 0 Å². The molecule has 2 amide bonds. The van der Waals surface area contributed by atoms with E-state index in [0.29, 0.717) is 26.1 Å². The fourth-order valence-corrected chi connectivity index (χ4v) is 3.55. The highest BCUT2D eigenvalue weighted by molar-refractivity contribution is 7.12.